The van der Waals surface area contributed by atoms with Crippen molar-refractivity contribution in [3.8, 4) is 5.75 Å². The molecule has 1 aliphatic heterocycles. The molecule has 0 saturated heterocycles. The van der Waals surface area contributed by atoms with E-state index in [2.05, 4.69) is 20.8 Å². The molecular weight excluding hydrogens is 465 g/mol. The van der Waals surface area contributed by atoms with E-state index in [9.17, 15) is 4.79 Å². The summed E-state index contributed by atoms with van der Waals surface area (Å²) in [4.78, 5) is 13.2. The Kier molecular flexibility index (Phi) is 6.04. The first kappa shape index (κ1) is 21.4. The average molecular weight is 481 g/mol. The lowest BCUT2D eigenvalue weighted by Gasteiger charge is -2.28. The van der Waals surface area contributed by atoms with Gasteiger partial charge in [-0.25, -0.2) is 4.79 Å². The van der Waals surface area contributed by atoms with Gasteiger partial charge in [0.25, 0.3) is 0 Å². The first-order chi connectivity index (χ1) is 14.9. The molecule has 4 rings (SSSR count). The van der Waals surface area contributed by atoms with Crippen molar-refractivity contribution in [1.82, 2.24) is 20.2 Å². The Balaban J connectivity index is 1.71. The average Bonchev–Trinajstić information content (AvgIpc) is 3.20. The highest BCUT2D eigenvalue weighted by Gasteiger charge is 2.37. The number of carbonyl (C=O) groups excluding carboxylic acids is 1. The Hall–Kier alpha value is -2.81. The largest absolute Gasteiger partial charge is 0.496 e. The summed E-state index contributed by atoms with van der Waals surface area (Å²) in [6.07, 6.45) is 0. The van der Waals surface area contributed by atoms with Crippen molar-refractivity contribution >= 4 is 46.7 Å². The number of anilines is 1. The highest BCUT2D eigenvalue weighted by Crippen LogP contribution is 2.41. The van der Waals surface area contributed by atoms with Gasteiger partial charge in [-0.3, -0.25) is 0 Å². The number of nitrogens with zero attached hydrogens (tertiary/aromatic N) is 4. The van der Waals surface area contributed by atoms with Gasteiger partial charge >= 0.3 is 5.97 Å². The normalized spacial score (nSPS) is 15.3. The number of tetrazole rings is 1. The van der Waals surface area contributed by atoms with Crippen molar-refractivity contribution in [3.63, 3.8) is 0 Å². The Morgan fingerprint density at radius 1 is 1.19 bits per heavy atom. The Morgan fingerprint density at radius 2 is 1.94 bits per heavy atom. The molecule has 2 heterocycles. The SMILES string of the molecule is COc1cc(Cl)ccc1COC(=O)C1=C(C)Nc2nnnn2C1c1c(Cl)cccc1Cl. The van der Waals surface area contributed by atoms with E-state index in [1.54, 1.807) is 43.3 Å². The number of hydrogen-bond donors (Lipinski definition) is 1. The highest BCUT2D eigenvalue weighted by atomic mass is 35.5. The predicted molar refractivity (Wildman–Crippen MR) is 117 cm³/mol. The summed E-state index contributed by atoms with van der Waals surface area (Å²) in [5.41, 5.74) is 1.97. The van der Waals surface area contributed by atoms with Crippen molar-refractivity contribution in [2.24, 2.45) is 0 Å². The van der Waals surface area contributed by atoms with E-state index in [0.29, 0.717) is 43.6 Å². The van der Waals surface area contributed by atoms with E-state index in [1.807, 2.05) is 0 Å². The van der Waals surface area contributed by atoms with Crippen molar-refractivity contribution in [1.29, 1.82) is 0 Å². The molecule has 0 bridgehead atoms. The first-order valence-electron chi connectivity index (χ1n) is 9.09. The third kappa shape index (κ3) is 4.06. The molecule has 1 unspecified atom stereocenters. The summed E-state index contributed by atoms with van der Waals surface area (Å²) < 4.78 is 12.4. The second-order valence-corrected chi connectivity index (χ2v) is 7.93. The molecule has 160 valence electrons. The van der Waals surface area contributed by atoms with E-state index in [0.717, 1.165) is 0 Å². The zero-order chi connectivity index (χ0) is 22.1. The van der Waals surface area contributed by atoms with E-state index in [4.69, 9.17) is 44.3 Å². The fourth-order valence-corrected chi connectivity index (χ4v) is 4.14. The van der Waals surface area contributed by atoms with Crippen LogP contribution in [0, 0.1) is 0 Å². The monoisotopic (exact) mass is 479 g/mol. The third-order valence-electron chi connectivity index (χ3n) is 4.82. The third-order valence-corrected chi connectivity index (χ3v) is 5.71. The zero-order valence-electron chi connectivity index (χ0n) is 16.4. The number of halogens is 3. The molecule has 1 atom stereocenters. The molecule has 1 N–H and O–H groups in total. The molecule has 0 amide bonds. The number of fused-ring (bicyclic) bond motifs is 1. The summed E-state index contributed by atoms with van der Waals surface area (Å²) >= 11 is 18.9. The van der Waals surface area contributed by atoms with Crippen molar-refractivity contribution in [2.75, 3.05) is 12.4 Å². The van der Waals surface area contributed by atoms with Gasteiger partial charge in [0.2, 0.25) is 5.95 Å². The quantitative estimate of drug-likeness (QED) is 0.530. The maximum atomic E-state index is 13.2. The van der Waals surface area contributed by atoms with Gasteiger partial charge in [-0.05, 0) is 41.6 Å². The topological polar surface area (TPSA) is 91.2 Å². The van der Waals surface area contributed by atoms with Crippen LogP contribution in [0.4, 0.5) is 5.95 Å². The second kappa shape index (κ2) is 8.74. The molecule has 0 fully saturated rings. The van der Waals surface area contributed by atoms with Crippen LogP contribution in [-0.4, -0.2) is 33.3 Å². The molecule has 0 aliphatic carbocycles. The first-order valence-corrected chi connectivity index (χ1v) is 10.2. The summed E-state index contributed by atoms with van der Waals surface area (Å²) in [6, 6.07) is 9.40. The van der Waals surface area contributed by atoms with Crippen LogP contribution in [0.15, 0.2) is 47.7 Å². The number of allylic oxidation sites excluding steroid dienone is 1. The molecule has 0 radical (unpaired) electrons. The van der Waals surface area contributed by atoms with E-state index in [-0.39, 0.29) is 12.2 Å². The number of methoxy groups -OCH3 is 1. The number of aromatic nitrogens is 4. The Bertz CT molecular complexity index is 1170. The summed E-state index contributed by atoms with van der Waals surface area (Å²) in [5, 5.41) is 15.9. The Morgan fingerprint density at radius 3 is 2.65 bits per heavy atom. The van der Waals surface area contributed by atoms with Crippen LogP contribution in [-0.2, 0) is 16.1 Å². The Labute approximate surface area is 192 Å². The van der Waals surface area contributed by atoms with Crippen molar-refractivity contribution in [3.05, 3.63) is 73.9 Å². The fraction of sp³-hybridized carbons (Fsp3) is 0.200. The molecule has 11 heteroatoms. The lowest BCUT2D eigenvalue weighted by Crippen LogP contribution is -2.30. The molecular formula is C20H16Cl3N5O3. The molecule has 0 saturated carbocycles. The minimum absolute atomic E-state index is 0.0264. The molecule has 0 spiro atoms. The second-order valence-electron chi connectivity index (χ2n) is 6.68. The minimum Gasteiger partial charge on any atom is -0.496 e. The van der Waals surface area contributed by atoms with Gasteiger partial charge in [0.1, 0.15) is 18.4 Å². The minimum atomic E-state index is -0.771. The van der Waals surface area contributed by atoms with Gasteiger partial charge in [-0.1, -0.05) is 52.0 Å². The van der Waals surface area contributed by atoms with Crippen LogP contribution >= 0.6 is 34.8 Å². The summed E-state index contributed by atoms with van der Waals surface area (Å²) in [7, 11) is 1.52. The molecule has 1 aliphatic rings. The molecule has 3 aromatic rings. The van der Waals surface area contributed by atoms with Crippen LogP contribution < -0.4 is 10.1 Å². The van der Waals surface area contributed by atoms with Crippen LogP contribution in [0.25, 0.3) is 0 Å². The molecule has 2 aromatic carbocycles. The van der Waals surface area contributed by atoms with Gasteiger partial charge in [-0.15, -0.1) is 0 Å². The number of rotatable bonds is 5. The van der Waals surface area contributed by atoms with Gasteiger partial charge < -0.3 is 14.8 Å². The van der Waals surface area contributed by atoms with Gasteiger partial charge in [-0.2, -0.15) is 4.68 Å². The number of carbonyl (C=O) groups is 1. The van der Waals surface area contributed by atoms with Crippen LogP contribution in [0.2, 0.25) is 15.1 Å². The molecule has 31 heavy (non-hydrogen) atoms. The smallest absolute Gasteiger partial charge is 0.338 e. The van der Waals surface area contributed by atoms with E-state index < -0.39 is 12.0 Å². The van der Waals surface area contributed by atoms with E-state index >= 15 is 0 Å². The maximum Gasteiger partial charge on any atom is 0.338 e. The standard InChI is InChI=1S/C20H16Cl3N5O3/c1-10-16(19(29)31-9-11-6-7-12(21)8-15(11)30-2)18(28-20(24-10)25-26-27-28)17-13(22)4-3-5-14(17)23/h3-8,18H,9H2,1-2H3,(H,24,25,27). The number of esters is 1. The van der Waals surface area contributed by atoms with Gasteiger partial charge in [0, 0.05) is 31.9 Å². The van der Waals surface area contributed by atoms with E-state index in [1.165, 1.54) is 11.8 Å². The van der Waals surface area contributed by atoms with Crippen LogP contribution in [0.3, 0.4) is 0 Å². The predicted octanol–water partition coefficient (Wildman–Crippen LogP) is 4.67. The zero-order valence-corrected chi connectivity index (χ0v) is 18.7. The molecule has 8 nitrogen and oxygen atoms in total. The van der Waals surface area contributed by atoms with Crippen molar-refractivity contribution in [2.45, 2.75) is 19.6 Å². The summed E-state index contributed by atoms with van der Waals surface area (Å²) in [6.45, 7) is 1.71. The van der Waals surface area contributed by atoms with Crippen LogP contribution in [0.5, 0.6) is 5.75 Å². The summed E-state index contributed by atoms with van der Waals surface area (Å²) in [5.74, 6) is 0.291. The van der Waals surface area contributed by atoms with Gasteiger partial charge in [0.05, 0.1) is 12.7 Å². The lowest BCUT2D eigenvalue weighted by molar-refractivity contribution is -0.140. The number of nitrogens with one attached hydrogen (secondary N) is 1. The van der Waals surface area contributed by atoms with Crippen LogP contribution in [0.1, 0.15) is 24.1 Å². The maximum absolute atomic E-state index is 13.2. The number of ether oxygens (including phenoxy) is 2. The lowest BCUT2D eigenvalue weighted by atomic mass is 9.95. The number of hydrogen-bond acceptors (Lipinski definition) is 7. The number of benzene rings is 2. The highest BCUT2D eigenvalue weighted by molar-refractivity contribution is 6.36. The van der Waals surface area contributed by atoms with Crippen molar-refractivity contribution < 1.29 is 14.3 Å². The molecule has 1 aromatic heterocycles. The fourth-order valence-electron chi connectivity index (χ4n) is 3.37. The van der Waals surface area contributed by atoms with Gasteiger partial charge in [0.15, 0.2) is 0 Å².